The number of carbonyl (C=O) groups excluding carboxylic acids is 1. The number of hydrogen-bond acceptors (Lipinski definition) is 3. The van der Waals surface area contributed by atoms with Crippen molar-refractivity contribution in [2.24, 2.45) is 0 Å². The summed E-state index contributed by atoms with van der Waals surface area (Å²) in [4.78, 5) is 11.0. The molecule has 4 nitrogen and oxygen atoms in total. The third-order valence-corrected chi connectivity index (χ3v) is 3.70. The van der Waals surface area contributed by atoms with Gasteiger partial charge in [0.1, 0.15) is 0 Å². The van der Waals surface area contributed by atoms with E-state index in [1.54, 1.807) is 12.1 Å². The van der Waals surface area contributed by atoms with E-state index in [0.717, 1.165) is 9.99 Å². The van der Waals surface area contributed by atoms with Crippen molar-refractivity contribution in [1.29, 1.82) is 0 Å². The van der Waals surface area contributed by atoms with Crippen LogP contribution in [0.1, 0.15) is 6.92 Å². The maximum atomic E-state index is 11.6. The molecule has 0 saturated heterocycles. The molecule has 81 valence electrons. The lowest BCUT2D eigenvalue weighted by Crippen LogP contribution is -2.30. The Kier molecular flexibility index (Phi) is 4.09. The standard InChI is InChI=1S/C9H9INO3S/c1-2-9(12)11-15(13,14)8-5-3-7(10)4-6-8/h2-6H,1H3,(H,11,12). The Bertz CT molecular complexity index is 453. The summed E-state index contributed by atoms with van der Waals surface area (Å²) in [7, 11) is -3.72. The zero-order valence-corrected chi connectivity index (χ0v) is 10.9. The van der Waals surface area contributed by atoms with Crippen molar-refractivity contribution in [2.75, 3.05) is 0 Å². The molecule has 15 heavy (non-hydrogen) atoms. The highest BCUT2D eigenvalue weighted by molar-refractivity contribution is 14.1. The van der Waals surface area contributed by atoms with E-state index in [9.17, 15) is 13.2 Å². The number of benzene rings is 1. The van der Waals surface area contributed by atoms with Crippen LogP contribution in [0.25, 0.3) is 0 Å². The largest absolute Gasteiger partial charge is 0.274 e. The van der Waals surface area contributed by atoms with Crippen molar-refractivity contribution < 1.29 is 13.2 Å². The van der Waals surface area contributed by atoms with Crippen molar-refractivity contribution in [3.63, 3.8) is 0 Å². The van der Waals surface area contributed by atoms with Crippen LogP contribution in [0.15, 0.2) is 29.2 Å². The summed E-state index contributed by atoms with van der Waals surface area (Å²) in [6, 6.07) is 6.23. The van der Waals surface area contributed by atoms with E-state index in [1.165, 1.54) is 19.1 Å². The topological polar surface area (TPSA) is 63.2 Å². The zero-order valence-electron chi connectivity index (χ0n) is 7.90. The van der Waals surface area contributed by atoms with Crippen LogP contribution in [0, 0.1) is 9.99 Å². The number of hydrogen-bond donors (Lipinski definition) is 1. The Balaban J connectivity index is 2.96. The molecule has 1 radical (unpaired) electrons. The van der Waals surface area contributed by atoms with Gasteiger partial charge in [0.15, 0.2) is 0 Å². The van der Waals surface area contributed by atoms with E-state index in [-0.39, 0.29) is 4.90 Å². The SMILES string of the molecule is C[CH]C(=O)NS(=O)(=O)c1ccc(I)cc1. The molecule has 1 aromatic rings. The molecule has 0 aliphatic carbocycles. The highest BCUT2D eigenvalue weighted by Gasteiger charge is 2.15. The second kappa shape index (κ2) is 4.93. The van der Waals surface area contributed by atoms with Gasteiger partial charge in [-0.25, -0.2) is 13.1 Å². The highest BCUT2D eigenvalue weighted by atomic mass is 127. The summed E-state index contributed by atoms with van der Waals surface area (Å²) in [5.74, 6) is -0.631. The normalized spacial score (nSPS) is 11.1. The van der Waals surface area contributed by atoms with Gasteiger partial charge in [0, 0.05) is 9.99 Å². The molecule has 0 aromatic heterocycles. The first kappa shape index (κ1) is 12.4. The Morgan fingerprint density at radius 2 is 1.87 bits per heavy atom. The minimum Gasteiger partial charge on any atom is -0.274 e. The fraction of sp³-hybridized carbons (Fsp3) is 0.111. The van der Waals surface area contributed by atoms with Gasteiger partial charge in [-0.15, -0.1) is 0 Å². The van der Waals surface area contributed by atoms with Gasteiger partial charge in [-0.05, 0) is 46.9 Å². The molecule has 1 rings (SSSR count). The third kappa shape index (κ3) is 3.45. The lowest BCUT2D eigenvalue weighted by Gasteiger charge is -2.05. The van der Waals surface area contributed by atoms with Crippen LogP contribution >= 0.6 is 22.6 Å². The molecule has 0 atom stereocenters. The number of amides is 1. The highest BCUT2D eigenvalue weighted by Crippen LogP contribution is 2.11. The van der Waals surface area contributed by atoms with Gasteiger partial charge in [-0.2, -0.15) is 0 Å². The molecular formula is C9H9INO3S. The van der Waals surface area contributed by atoms with Crippen LogP contribution in [0.3, 0.4) is 0 Å². The molecule has 0 bridgehead atoms. The van der Waals surface area contributed by atoms with Crippen LogP contribution in [-0.4, -0.2) is 14.3 Å². The summed E-state index contributed by atoms with van der Waals surface area (Å²) in [6.45, 7) is 1.47. The fourth-order valence-electron chi connectivity index (χ4n) is 0.864. The van der Waals surface area contributed by atoms with Crippen molar-refractivity contribution in [3.8, 4) is 0 Å². The lowest BCUT2D eigenvalue weighted by molar-refractivity contribution is -0.116. The van der Waals surface area contributed by atoms with Crippen LogP contribution in [0.2, 0.25) is 0 Å². The quantitative estimate of drug-likeness (QED) is 0.846. The van der Waals surface area contributed by atoms with E-state index in [4.69, 9.17) is 0 Å². The van der Waals surface area contributed by atoms with Gasteiger partial charge in [-0.1, -0.05) is 6.92 Å². The molecule has 1 aromatic carbocycles. The summed E-state index contributed by atoms with van der Waals surface area (Å²) < 4.78 is 26.0. The molecule has 0 aliphatic heterocycles. The van der Waals surface area contributed by atoms with E-state index in [1.807, 2.05) is 4.72 Å². The second-order valence-electron chi connectivity index (χ2n) is 2.71. The average molecular weight is 338 g/mol. The van der Waals surface area contributed by atoms with Crippen LogP contribution in [0.4, 0.5) is 0 Å². The van der Waals surface area contributed by atoms with Crippen molar-refractivity contribution >= 4 is 38.5 Å². The molecule has 0 heterocycles. The number of sulfonamides is 1. The molecule has 0 unspecified atom stereocenters. The summed E-state index contributed by atoms with van der Waals surface area (Å²) in [5, 5.41) is 0. The molecule has 0 aliphatic rings. The first-order valence-electron chi connectivity index (χ1n) is 4.07. The number of halogens is 1. The van der Waals surface area contributed by atoms with E-state index < -0.39 is 15.9 Å². The lowest BCUT2D eigenvalue weighted by atomic mass is 10.4. The van der Waals surface area contributed by atoms with Crippen LogP contribution in [0.5, 0.6) is 0 Å². The molecule has 1 amide bonds. The third-order valence-electron chi connectivity index (χ3n) is 1.62. The zero-order chi connectivity index (χ0) is 11.5. The average Bonchev–Trinajstić information content (AvgIpc) is 2.17. The monoisotopic (exact) mass is 338 g/mol. The van der Waals surface area contributed by atoms with Gasteiger partial charge in [0.25, 0.3) is 10.0 Å². The van der Waals surface area contributed by atoms with Crippen LogP contribution in [-0.2, 0) is 14.8 Å². The van der Waals surface area contributed by atoms with Crippen molar-refractivity contribution in [2.45, 2.75) is 11.8 Å². The Morgan fingerprint density at radius 1 is 1.33 bits per heavy atom. The van der Waals surface area contributed by atoms with Gasteiger partial charge in [0.2, 0.25) is 5.91 Å². The Morgan fingerprint density at radius 3 is 2.33 bits per heavy atom. The van der Waals surface area contributed by atoms with Crippen molar-refractivity contribution in [3.05, 3.63) is 34.3 Å². The second-order valence-corrected chi connectivity index (χ2v) is 5.64. The van der Waals surface area contributed by atoms with Gasteiger partial charge < -0.3 is 0 Å². The summed E-state index contributed by atoms with van der Waals surface area (Å²) >= 11 is 2.07. The molecule has 6 heteroatoms. The van der Waals surface area contributed by atoms with E-state index in [0.29, 0.717) is 0 Å². The number of nitrogens with one attached hydrogen (secondary N) is 1. The van der Waals surface area contributed by atoms with Gasteiger partial charge >= 0.3 is 0 Å². The number of carbonyl (C=O) groups is 1. The van der Waals surface area contributed by atoms with Gasteiger partial charge in [0.05, 0.1) is 4.90 Å². The first-order chi connectivity index (χ1) is 6.95. The predicted molar refractivity (Wildman–Crippen MR) is 64.5 cm³/mol. The maximum absolute atomic E-state index is 11.6. The number of rotatable bonds is 3. The van der Waals surface area contributed by atoms with Crippen molar-refractivity contribution in [1.82, 2.24) is 4.72 Å². The Labute approximate surface area is 102 Å². The minimum atomic E-state index is -3.72. The molecule has 0 fully saturated rings. The predicted octanol–water partition coefficient (Wildman–Crippen LogP) is 1.32. The molecule has 1 N–H and O–H groups in total. The first-order valence-corrected chi connectivity index (χ1v) is 6.63. The van der Waals surface area contributed by atoms with Gasteiger partial charge in [-0.3, -0.25) is 4.79 Å². The fourth-order valence-corrected chi connectivity index (χ4v) is 2.22. The Hall–Kier alpha value is -0.630. The minimum absolute atomic E-state index is 0.0816. The summed E-state index contributed by atoms with van der Waals surface area (Å²) in [5.41, 5.74) is 0. The summed E-state index contributed by atoms with van der Waals surface area (Å²) in [6.07, 6.45) is 1.16. The van der Waals surface area contributed by atoms with Crippen LogP contribution < -0.4 is 4.72 Å². The van der Waals surface area contributed by atoms with E-state index in [2.05, 4.69) is 22.6 Å². The van der Waals surface area contributed by atoms with E-state index >= 15 is 0 Å². The molecule has 0 saturated carbocycles. The molecular weight excluding hydrogens is 329 g/mol. The molecule has 0 spiro atoms. The smallest absolute Gasteiger partial charge is 0.264 e. The maximum Gasteiger partial charge on any atom is 0.264 e.